The smallest absolute Gasteiger partial charge is 0.160 e. The van der Waals surface area contributed by atoms with Gasteiger partial charge in [-0.25, -0.2) is 9.97 Å². The molecule has 8 aromatic carbocycles. The first-order valence-corrected chi connectivity index (χ1v) is 18.2. The summed E-state index contributed by atoms with van der Waals surface area (Å²) < 4.78 is 9.15. The second kappa shape index (κ2) is 12.1. The van der Waals surface area contributed by atoms with Gasteiger partial charge < -0.3 is 8.98 Å². The number of hydrogen-bond acceptors (Lipinski definition) is 3. The summed E-state index contributed by atoms with van der Waals surface area (Å²) >= 11 is 0. The Bertz CT molecular complexity index is 3080. The Balaban J connectivity index is 1.10. The average Bonchev–Trinajstić information content (AvgIpc) is 3.80. The Hall–Kier alpha value is -7.30. The number of furan rings is 1. The molecule has 0 aliphatic carbocycles. The summed E-state index contributed by atoms with van der Waals surface area (Å²) in [6, 6.07) is 66.0. The molecule has 0 saturated heterocycles. The van der Waals surface area contributed by atoms with E-state index in [2.05, 4.69) is 156 Å². The minimum atomic E-state index is 0.707. The molecule has 3 heterocycles. The van der Waals surface area contributed by atoms with E-state index in [1.165, 1.54) is 21.8 Å². The van der Waals surface area contributed by atoms with Crippen LogP contribution >= 0.6 is 0 Å². The first-order chi connectivity index (χ1) is 26.8. The number of rotatable bonds is 5. The molecular weight excluding hydrogens is 659 g/mol. The van der Waals surface area contributed by atoms with Gasteiger partial charge in [0.15, 0.2) is 5.82 Å². The van der Waals surface area contributed by atoms with Gasteiger partial charge in [-0.2, -0.15) is 0 Å². The van der Waals surface area contributed by atoms with E-state index in [4.69, 9.17) is 14.4 Å². The molecule has 0 aliphatic rings. The van der Waals surface area contributed by atoms with Crippen molar-refractivity contribution >= 4 is 54.5 Å². The molecule has 54 heavy (non-hydrogen) atoms. The first-order valence-electron chi connectivity index (χ1n) is 18.2. The number of para-hydroxylation sites is 2. The van der Waals surface area contributed by atoms with E-state index in [1.54, 1.807) is 0 Å². The van der Waals surface area contributed by atoms with Crippen LogP contribution in [-0.2, 0) is 0 Å². The molecule has 4 nitrogen and oxygen atoms in total. The molecule has 11 aromatic rings. The van der Waals surface area contributed by atoms with Crippen molar-refractivity contribution < 1.29 is 4.42 Å². The average molecular weight is 690 g/mol. The van der Waals surface area contributed by atoms with E-state index in [9.17, 15) is 0 Å². The van der Waals surface area contributed by atoms with E-state index in [-0.39, 0.29) is 0 Å². The number of aromatic nitrogens is 3. The van der Waals surface area contributed by atoms with Gasteiger partial charge in [0, 0.05) is 38.2 Å². The summed E-state index contributed by atoms with van der Waals surface area (Å²) in [4.78, 5) is 10.1. The minimum absolute atomic E-state index is 0.707. The lowest BCUT2D eigenvalue weighted by Crippen LogP contribution is -1.96. The summed E-state index contributed by atoms with van der Waals surface area (Å²) in [7, 11) is 0. The highest BCUT2D eigenvalue weighted by atomic mass is 16.3. The molecule has 0 fully saturated rings. The number of hydrogen-bond donors (Lipinski definition) is 0. The Morgan fingerprint density at radius 2 is 0.926 bits per heavy atom. The zero-order valence-electron chi connectivity index (χ0n) is 29.1. The van der Waals surface area contributed by atoms with Crippen molar-refractivity contribution in [3.8, 4) is 50.7 Å². The fourth-order valence-corrected chi connectivity index (χ4v) is 8.13. The maximum Gasteiger partial charge on any atom is 0.160 e. The Morgan fingerprint density at radius 1 is 0.389 bits per heavy atom. The van der Waals surface area contributed by atoms with Crippen molar-refractivity contribution in [3.05, 3.63) is 188 Å². The highest BCUT2D eigenvalue weighted by molar-refractivity contribution is 6.22. The predicted octanol–water partition coefficient (Wildman–Crippen LogP) is 13.3. The van der Waals surface area contributed by atoms with E-state index in [1.807, 2.05) is 36.4 Å². The van der Waals surface area contributed by atoms with Crippen LogP contribution in [0.15, 0.2) is 192 Å². The summed E-state index contributed by atoms with van der Waals surface area (Å²) in [5.74, 6) is 0.707. The standard InChI is InChI=1S/C50H31N3O/c1-3-14-33(15-4-1)42-31-43(52-50(51-42)35-16-5-2-6-17-35)34-28-26-32(27-29-34)40-30-41-48-46(24-13-25-47(48)54-49(41)39-21-8-7-18-36(39)40)53-44-22-11-9-19-37(44)38-20-10-12-23-45(38)53/h1-31H. The zero-order chi connectivity index (χ0) is 35.6. The fraction of sp³-hybridized carbons (Fsp3) is 0. The van der Waals surface area contributed by atoms with Crippen LogP contribution in [0, 0.1) is 0 Å². The molecule has 4 heteroatoms. The van der Waals surface area contributed by atoms with Gasteiger partial charge in [-0.15, -0.1) is 0 Å². The van der Waals surface area contributed by atoms with Crippen molar-refractivity contribution in [3.63, 3.8) is 0 Å². The number of nitrogens with zero attached hydrogens (tertiary/aromatic N) is 3. The highest BCUT2D eigenvalue weighted by Crippen LogP contribution is 2.43. The fourth-order valence-electron chi connectivity index (χ4n) is 8.13. The second-order valence-corrected chi connectivity index (χ2v) is 13.7. The molecule has 0 radical (unpaired) electrons. The quantitative estimate of drug-likeness (QED) is 0.181. The van der Waals surface area contributed by atoms with Crippen molar-refractivity contribution in [2.45, 2.75) is 0 Å². The van der Waals surface area contributed by atoms with Crippen LogP contribution in [0.25, 0.3) is 105 Å². The highest BCUT2D eigenvalue weighted by Gasteiger charge is 2.20. The van der Waals surface area contributed by atoms with Gasteiger partial charge in [0.2, 0.25) is 0 Å². The molecule has 0 unspecified atom stereocenters. The molecule has 0 N–H and O–H groups in total. The van der Waals surface area contributed by atoms with Crippen LogP contribution in [0.5, 0.6) is 0 Å². The molecule has 11 rings (SSSR count). The largest absolute Gasteiger partial charge is 0.455 e. The lowest BCUT2D eigenvalue weighted by Gasteiger charge is -2.12. The summed E-state index contributed by atoms with van der Waals surface area (Å²) in [6.07, 6.45) is 0. The molecule has 0 bridgehead atoms. The molecule has 0 aliphatic heterocycles. The lowest BCUT2D eigenvalue weighted by atomic mass is 9.94. The first kappa shape index (κ1) is 30.3. The normalized spacial score (nSPS) is 11.7. The van der Waals surface area contributed by atoms with Crippen LogP contribution in [0.1, 0.15) is 0 Å². The molecule has 0 atom stereocenters. The third-order valence-electron chi connectivity index (χ3n) is 10.6. The molecule has 0 spiro atoms. The molecular formula is C50H31N3O. The van der Waals surface area contributed by atoms with Crippen LogP contribution in [0.4, 0.5) is 0 Å². The Labute approximate surface area is 311 Å². The van der Waals surface area contributed by atoms with E-state index >= 15 is 0 Å². The van der Waals surface area contributed by atoms with Gasteiger partial charge in [-0.05, 0) is 52.9 Å². The van der Waals surface area contributed by atoms with Crippen molar-refractivity contribution in [1.29, 1.82) is 0 Å². The minimum Gasteiger partial charge on any atom is -0.455 e. The Morgan fingerprint density at radius 3 is 1.59 bits per heavy atom. The van der Waals surface area contributed by atoms with Crippen LogP contribution in [-0.4, -0.2) is 14.5 Å². The van der Waals surface area contributed by atoms with E-state index in [0.29, 0.717) is 5.82 Å². The third-order valence-corrected chi connectivity index (χ3v) is 10.6. The molecule has 0 saturated carbocycles. The number of benzene rings is 8. The monoisotopic (exact) mass is 689 g/mol. The third kappa shape index (κ3) is 4.78. The zero-order valence-corrected chi connectivity index (χ0v) is 29.1. The molecule has 3 aromatic heterocycles. The predicted molar refractivity (Wildman–Crippen MR) is 223 cm³/mol. The van der Waals surface area contributed by atoms with Gasteiger partial charge in [-0.3, -0.25) is 0 Å². The lowest BCUT2D eigenvalue weighted by molar-refractivity contribution is 0.672. The van der Waals surface area contributed by atoms with Crippen molar-refractivity contribution in [1.82, 2.24) is 14.5 Å². The number of fused-ring (bicyclic) bond motifs is 8. The molecule has 0 amide bonds. The van der Waals surface area contributed by atoms with Gasteiger partial charge in [-0.1, -0.05) is 152 Å². The van der Waals surface area contributed by atoms with Crippen molar-refractivity contribution in [2.75, 3.05) is 0 Å². The maximum atomic E-state index is 6.76. The van der Waals surface area contributed by atoms with E-state index < -0.39 is 0 Å². The van der Waals surface area contributed by atoms with Crippen LogP contribution < -0.4 is 0 Å². The molecule has 252 valence electrons. The van der Waals surface area contributed by atoms with Crippen molar-refractivity contribution in [2.24, 2.45) is 0 Å². The van der Waals surface area contributed by atoms with Gasteiger partial charge >= 0.3 is 0 Å². The van der Waals surface area contributed by atoms with Crippen LogP contribution in [0.3, 0.4) is 0 Å². The Kier molecular flexibility index (Phi) is 6.82. The van der Waals surface area contributed by atoms with E-state index in [0.717, 1.165) is 77.6 Å². The second-order valence-electron chi connectivity index (χ2n) is 13.7. The topological polar surface area (TPSA) is 43.9 Å². The van der Waals surface area contributed by atoms with Gasteiger partial charge in [0.1, 0.15) is 11.2 Å². The summed E-state index contributed by atoms with van der Waals surface area (Å²) in [6.45, 7) is 0. The summed E-state index contributed by atoms with van der Waals surface area (Å²) in [5, 5.41) is 6.91. The summed E-state index contributed by atoms with van der Waals surface area (Å²) in [5.41, 5.74) is 12.4. The van der Waals surface area contributed by atoms with Crippen LogP contribution in [0.2, 0.25) is 0 Å². The SMILES string of the molecule is c1ccc(-c2cc(-c3ccc(-c4cc5c(oc6cccc(-n7c8ccccc8c8ccccc87)c65)c5ccccc45)cc3)nc(-c3ccccc3)n2)cc1. The van der Waals surface area contributed by atoms with Gasteiger partial charge in [0.25, 0.3) is 0 Å². The van der Waals surface area contributed by atoms with Gasteiger partial charge in [0.05, 0.1) is 33.5 Å². The maximum absolute atomic E-state index is 6.76.